The van der Waals surface area contributed by atoms with Crippen LogP contribution in [0.1, 0.15) is 44.7 Å². The molecule has 8 heteroatoms. The molecule has 170 valence electrons. The maximum absolute atomic E-state index is 12.9. The number of hydrogen-bond acceptors (Lipinski definition) is 4. The van der Waals surface area contributed by atoms with Crippen molar-refractivity contribution in [1.82, 2.24) is 25.3 Å². The molecular weight excluding hydrogens is 406 g/mol. The Bertz CT molecular complexity index is 979. The molecular formula is C24H31N5O3. The molecule has 2 heterocycles. The SMILES string of the molecule is CC1CCC2(CC1)NC(=O)N(CC(=O)N(C)CCCc1cc(-c3ccccc3)n[nH]1)C2=O. The molecule has 1 spiro atoms. The molecule has 1 aromatic carbocycles. The predicted molar refractivity (Wildman–Crippen MR) is 121 cm³/mol. The average molecular weight is 438 g/mol. The molecule has 1 aliphatic carbocycles. The van der Waals surface area contributed by atoms with E-state index in [0.29, 0.717) is 25.3 Å². The minimum Gasteiger partial charge on any atom is -0.344 e. The highest BCUT2D eigenvalue weighted by Gasteiger charge is 2.52. The van der Waals surface area contributed by atoms with Crippen LogP contribution < -0.4 is 5.32 Å². The highest BCUT2D eigenvalue weighted by Crippen LogP contribution is 2.36. The number of imide groups is 1. The quantitative estimate of drug-likeness (QED) is 0.651. The van der Waals surface area contributed by atoms with Gasteiger partial charge >= 0.3 is 6.03 Å². The van der Waals surface area contributed by atoms with Crippen LogP contribution in [0.3, 0.4) is 0 Å². The van der Waals surface area contributed by atoms with E-state index in [1.54, 1.807) is 11.9 Å². The van der Waals surface area contributed by atoms with E-state index in [4.69, 9.17) is 0 Å². The van der Waals surface area contributed by atoms with Crippen molar-refractivity contribution in [2.75, 3.05) is 20.1 Å². The number of rotatable bonds is 7. The molecule has 32 heavy (non-hydrogen) atoms. The van der Waals surface area contributed by atoms with Gasteiger partial charge in [-0.3, -0.25) is 19.6 Å². The van der Waals surface area contributed by atoms with Crippen LogP contribution in [0.25, 0.3) is 11.3 Å². The first-order valence-corrected chi connectivity index (χ1v) is 11.4. The largest absolute Gasteiger partial charge is 0.344 e. The lowest BCUT2D eigenvalue weighted by atomic mass is 9.77. The van der Waals surface area contributed by atoms with Gasteiger partial charge in [0.2, 0.25) is 5.91 Å². The number of urea groups is 1. The van der Waals surface area contributed by atoms with Gasteiger partial charge in [-0.15, -0.1) is 0 Å². The number of carbonyl (C=O) groups is 3. The summed E-state index contributed by atoms with van der Waals surface area (Å²) in [6, 6.07) is 11.5. The van der Waals surface area contributed by atoms with Crippen LogP contribution in [-0.2, 0) is 16.0 Å². The molecule has 1 saturated heterocycles. The maximum Gasteiger partial charge on any atom is 0.325 e. The van der Waals surface area contributed by atoms with Gasteiger partial charge < -0.3 is 10.2 Å². The first-order chi connectivity index (χ1) is 15.4. The van der Waals surface area contributed by atoms with Crippen molar-refractivity contribution in [2.24, 2.45) is 5.92 Å². The Morgan fingerprint density at radius 3 is 2.66 bits per heavy atom. The Balaban J connectivity index is 1.26. The van der Waals surface area contributed by atoms with Crippen LogP contribution in [0.4, 0.5) is 4.79 Å². The van der Waals surface area contributed by atoms with E-state index in [-0.39, 0.29) is 18.4 Å². The fourth-order valence-corrected chi connectivity index (χ4v) is 4.55. The molecule has 0 unspecified atom stereocenters. The topological polar surface area (TPSA) is 98.4 Å². The number of carbonyl (C=O) groups excluding carboxylic acids is 3. The van der Waals surface area contributed by atoms with Gasteiger partial charge in [-0.05, 0) is 50.5 Å². The molecule has 1 aliphatic heterocycles. The number of likely N-dealkylation sites (N-methyl/N-ethyl adjacent to an activating group) is 1. The summed E-state index contributed by atoms with van der Waals surface area (Å²) < 4.78 is 0. The van der Waals surface area contributed by atoms with Gasteiger partial charge in [-0.25, -0.2) is 4.79 Å². The van der Waals surface area contributed by atoms with Gasteiger partial charge in [0.1, 0.15) is 12.1 Å². The summed E-state index contributed by atoms with van der Waals surface area (Å²) in [5.41, 5.74) is 2.16. The van der Waals surface area contributed by atoms with Crippen molar-refractivity contribution in [3.63, 3.8) is 0 Å². The van der Waals surface area contributed by atoms with E-state index in [2.05, 4.69) is 22.4 Å². The zero-order valence-electron chi connectivity index (χ0n) is 18.8. The van der Waals surface area contributed by atoms with E-state index in [1.807, 2.05) is 36.4 Å². The zero-order chi connectivity index (χ0) is 22.7. The van der Waals surface area contributed by atoms with Crippen molar-refractivity contribution in [3.8, 4) is 11.3 Å². The van der Waals surface area contributed by atoms with Gasteiger partial charge in [0.15, 0.2) is 0 Å². The lowest BCUT2D eigenvalue weighted by Crippen LogP contribution is -2.50. The first kappa shape index (κ1) is 22.0. The van der Waals surface area contributed by atoms with Gasteiger partial charge in [0.05, 0.1) is 5.69 Å². The second kappa shape index (κ2) is 9.14. The predicted octanol–water partition coefficient (Wildman–Crippen LogP) is 2.97. The average Bonchev–Trinajstić information content (AvgIpc) is 3.35. The molecule has 1 aromatic heterocycles. The standard InChI is InChI=1S/C24H31N5O3/c1-17-10-12-24(13-11-17)22(31)29(23(32)25-24)16-21(30)28(2)14-6-9-19-15-20(27-26-19)18-7-4-3-5-8-18/h3-5,7-8,15,17H,6,9-14,16H2,1-2H3,(H,25,32)(H,26,27). The first-order valence-electron chi connectivity index (χ1n) is 11.4. The highest BCUT2D eigenvalue weighted by molar-refractivity contribution is 6.09. The molecule has 2 N–H and O–H groups in total. The Morgan fingerprint density at radius 1 is 1.22 bits per heavy atom. The number of aryl methyl sites for hydroxylation is 1. The number of aromatic nitrogens is 2. The van der Waals surface area contributed by atoms with Crippen molar-refractivity contribution in [3.05, 3.63) is 42.1 Å². The fourth-order valence-electron chi connectivity index (χ4n) is 4.55. The summed E-state index contributed by atoms with van der Waals surface area (Å²) >= 11 is 0. The second-order valence-electron chi connectivity index (χ2n) is 9.15. The van der Waals surface area contributed by atoms with Gasteiger partial charge in [-0.2, -0.15) is 5.10 Å². The van der Waals surface area contributed by atoms with Crippen LogP contribution in [0.2, 0.25) is 0 Å². The smallest absolute Gasteiger partial charge is 0.325 e. The van der Waals surface area contributed by atoms with E-state index in [0.717, 1.165) is 47.5 Å². The molecule has 0 bridgehead atoms. The summed E-state index contributed by atoms with van der Waals surface area (Å²) in [6.45, 7) is 2.49. The van der Waals surface area contributed by atoms with E-state index in [1.165, 1.54) is 0 Å². The van der Waals surface area contributed by atoms with E-state index in [9.17, 15) is 14.4 Å². The molecule has 2 aromatic rings. The third-order valence-corrected chi connectivity index (χ3v) is 6.73. The van der Waals surface area contributed by atoms with Crippen LogP contribution in [0.15, 0.2) is 36.4 Å². The van der Waals surface area contributed by atoms with Crippen LogP contribution in [0, 0.1) is 5.92 Å². The lowest BCUT2D eigenvalue weighted by molar-refractivity contribution is -0.139. The normalized spacial score (nSPS) is 22.9. The molecule has 0 radical (unpaired) electrons. The summed E-state index contributed by atoms with van der Waals surface area (Å²) in [7, 11) is 1.71. The molecule has 2 aliphatic rings. The van der Waals surface area contributed by atoms with E-state index >= 15 is 0 Å². The Labute approximate surface area is 188 Å². The number of H-pyrrole nitrogens is 1. The van der Waals surface area contributed by atoms with Crippen LogP contribution >= 0.6 is 0 Å². The van der Waals surface area contributed by atoms with Crippen molar-refractivity contribution >= 4 is 17.8 Å². The molecule has 1 saturated carbocycles. The molecule has 8 nitrogen and oxygen atoms in total. The minimum atomic E-state index is -0.806. The number of benzene rings is 1. The van der Waals surface area contributed by atoms with Crippen LogP contribution in [0.5, 0.6) is 0 Å². The summed E-state index contributed by atoms with van der Waals surface area (Å²) in [4.78, 5) is 40.7. The monoisotopic (exact) mass is 437 g/mol. The number of aromatic amines is 1. The van der Waals surface area contributed by atoms with Crippen molar-refractivity contribution in [2.45, 2.75) is 51.0 Å². The molecule has 4 rings (SSSR count). The van der Waals surface area contributed by atoms with Crippen molar-refractivity contribution < 1.29 is 14.4 Å². The summed E-state index contributed by atoms with van der Waals surface area (Å²) in [5, 5.41) is 10.3. The highest BCUT2D eigenvalue weighted by atomic mass is 16.2. The Kier molecular flexibility index (Phi) is 6.30. The molecule has 0 atom stereocenters. The van der Waals surface area contributed by atoms with Gasteiger partial charge in [0.25, 0.3) is 5.91 Å². The minimum absolute atomic E-state index is 0.208. The molecule has 4 amide bonds. The second-order valence-corrected chi connectivity index (χ2v) is 9.15. The number of hydrogen-bond donors (Lipinski definition) is 2. The Hall–Kier alpha value is -3.16. The van der Waals surface area contributed by atoms with Crippen molar-refractivity contribution in [1.29, 1.82) is 0 Å². The maximum atomic E-state index is 12.9. The van der Waals surface area contributed by atoms with Gasteiger partial charge in [0, 0.05) is 24.8 Å². The lowest BCUT2D eigenvalue weighted by Gasteiger charge is -2.33. The third kappa shape index (κ3) is 4.54. The number of nitrogens with one attached hydrogen (secondary N) is 2. The number of amides is 4. The summed E-state index contributed by atoms with van der Waals surface area (Å²) in [5.74, 6) is 0.0807. The number of nitrogens with zero attached hydrogens (tertiary/aromatic N) is 3. The molecule has 2 fully saturated rings. The Morgan fingerprint density at radius 2 is 1.94 bits per heavy atom. The fraction of sp³-hybridized carbons (Fsp3) is 0.500. The summed E-state index contributed by atoms with van der Waals surface area (Å²) in [6.07, 6.45) is 4.62. The van der Waals surface area contributed by atoms with E-state index < -0.39 is 11.6 Å². The van der Waals surface area contributed by atoms with Gasteiger partial charge in [-0.1, -0.05) is 37.3 Å². The van der Waals surface area contributed by atoms with Crippen LogP contribution in [-0.4, -0.2) is 63.5 Å². The zero-order valence-corrected chi connectivity index (χ0v) is 18.8. The third-order valence-electron chi connectivity index (χ3n) is 6.73.